The average Bonchev–Trinajstić information content (AvgIpc) is 0.778. The van der Waals surface area contributed by atoms with Crippen LogP contribution in [-0.4, -0.2) is 233 Å². The number of amides is 2. The molecule has 2 aliphatic heterocycles. The Labute approximate surface area is 739 Å². The zero-order valence-corrected chi connectivity index (χ0v) is 76.6. The van der Waals surface area contributed by atoms with Crippen LogP contribution in [0.4, 0.5) is 42.9 Å². The van der Waals surface area contributed by atoms with E-state index in [1.54, 1.807) is 80.7 Å². The molecule has 5 aromatic heterocycles. The number of aryl methyl sites for hydroxylation is 5. The number of likely N-dealkylation sites (N-methyl/N-ethyl adjacent to an activating group) is 2. The van der Waals surface area contributed by atoms with E-state index in [0.29, 0.717) is 39.3 Å². The zero-order valence-electron chi connectivity index (χ0n) is 74.2. The Kier molecular flexibility index (Phi) is 32.7. The Balaban J connectivity index is 0.000000178. The first-order chi connectivity index (χ1) is 60.2. The van der Waals surface area contributed by atoms with Crippen molar-refractivity contribution in [2.75, 3.05) is 168 Å². The number of fused-ring (bicyclic) bond motifs is 5. The number of anilines is 6. The number of carbonyl (C=O) groups is 3. The van der Waals surface area contributed by atoms with Crippen LogP contribution in [0.5, 0.6) is 0 Å². The number of piperazine rings is 2. The monoisotopic (exact) mass is 1810 g/mol. The molecular weight excluding hydrogens is 1710 g/mol. The van der Waals surface area contributed by atoms with Crippen LogP contribution in [0.1, 0.15) is 58.9 Å². The summed E-state index contributed by atoms with van der Waals surface area (Å²) in [7, 11) is 8.09. The molecule has 7 heterocycles. The third-order valence-corrected chi connectivity index (χ3v) is 26.7. The Morgan fingerprint density at radius 1 is 0.383 bits per heavy atom. The molecule has 13 aromatic rings. The fourth-order valence-corrected chi connectivity index (χ4v) is 16.5. The van der Waals surface area contributed by atoms with Crippen LogP contribution >= 0.6 is 0 Å². The Bertz CT molecular complexity index is 6910. The number of carboxylic acid groups (broad SMARTS) is 1. The second-order valence-corrected chi connectivity index (χ2v) is 37.5. The third-order valence-electron chi connectivity index (χ3n) is 21.3. The molecular formula is C91H107F2N17O15S3. The number of nitrogens with two attached hydrogens (primary N) is 1. The number of pyridine rings is 5. The minimum absolute atomic E-state index is 0.0489. The van der Waals surface area contributed by atoms with Crippen LogP contribution in [0.25, 0.3) is 54.5 Å². The fraction of sp³-hybridized carbons (Fsp3) is 0.275. The number of hydrogen-bond donors (Lipinski definition) is 10. The number of hydrogen-bond acceptors (Lipinski definition) is 21. The van der Waals surface area contributed by atoms with Gasteiger partial charge < -0.3 is 76.2 Å². The first-order valence-electron chi connectivity index (χ1n) is 40.2. The van der Waals surface area contributed by atoms with Gasteiger partial charge in [-0.05, 0) is 222 Å². The highest BCUT2D eigenvalue weighted by atomic mass is 32.2. The molecule has 678 valence electrons. The maximum atomic E-state index is 14.4. The van der Waals surface area contributed by atoms with Crippen LogP contribution in [0, 0.1) is 46.3 Å². The highest BCUT2D eigenvalue weighted by Gasteiger charge is 2.29. The van der Waals surface area contributed by atoms with Gasteiger partial charge in [0.2, 0.25) is 57.9 Å². The van der Waals surface area contributed by atoms with Gasteiger partial charge in [0.25, 0.3) is 11.8 Å². The lowest BCUT2D eigenvalue weighted by Gasteiger charge is -2.35. The van der Waals surface area contributed by atoms with Crippen molar-refractivity contribution in [3.8, 4) is 0 Å². The molecule has 128 heavy (non-hydrogen) atoms. The lowest BCUT2D eigenvalue weighted by Crippen LogP contribution is -2.45. The summed E-state index contributed by atoms with van der Waals surface area (Å²) in [5.74, 6) is -4.30. The van der Waals surface area contributed by atoms with Gasteiger partial charge in [0, 0.05) is 242 Å². The van der Waals surface area contributed by atoms with Crippen molar-refractivity contribution in [2.45, 2.75) is 49.3 Å². The van der Waals surface area contributed by atoms with E-state index < -0.39 is 59.1 Å². The molecule has 11 N–H and O–H groups in total. The first-order valence-corrected chi connectivity index (χ1v) is 44.5. The average molecular weight is 1810 g/mol. The van der Waals surface area contributed by atoms with E-state index in [1.807, 2.05) is 96.4 Å². The number of sulfonamides is 3. The van der Waals surface area contributed by atoms with Gasteiger partial charge in [0.05, 0.1) is 31.4 Å². The summed E-state index contributed by atoms with van der Waals surface area (Å²) in [5, 5.41) is 22.8. The summed E-state index contributed by atoms with van der Waals surface area (Å²) in [6.45, 7) is 17.3. The molecule has 0 spiro atoms. The summed E-state index contributed by atoms with van der Waals surface area (Å²) >= 11 is 0. The molecule has 2 saturated heterocycles. The number of aromatic amines is 5. The minimum atomic E-state index is -3.82. The molecule has 2 amide bonds. The molecule has 15 rings (SSSR count). The van der Waals surface area contributed by atoms with Gasteiger partial charge in [-0.3, -0.25) is 33.6 Å². The normalized spacial score (nSPS) is 13.0. The number of nitrogens with one attached hydrogen (secondary N) is 8. The molecule has 0 saturated carbocycles. The second-order valence-electron chi connectivity index (χ2n) is 31.1. The number of carbonyl (C=O) groups excluding carboxylic acids is 2. The number of nitrogens with zero attached hydrogens (tertiary/aromatic N) is 8. The standard InChI is InChI=1S/C25H31N5O4S.C20H20FN3O4S.2C11H12N2O.C10H10N2O.C9H10FNO4S.C5H12N2/c1-17-14-24(31)26-22-8-6-18(15-20(17)22)29(5)25(32)21-16-19(35(33,34)27(2)3)7-9-23(21)30-12-10-28(4)11-13-30;1-12-9-19(25)22-18-8-5-13(10-15(12)18)24(4)20(26)16-11-14(6-7-17(16)21)29(27,28)23(2)3;2*1-7-5-11(14)13-10-4-3-8(12-2)6-9(7)10;1-6-4-10(13)12-9-3-2-7(11)5-8(6)9;1-11(2)16(14,15)6-3-4-8(10)7(5-6)9(12)13;1-7-4-2-6-3-5-7/h6-9,14-16H,10-13H2,1-5H3,(H,26,31);5-11H,1-4H3,(H,22,25);2*3-6,12H,1-2H3,(H,13,14);2-5H,11H2,1H3,(H,12,13);3-5H,1-2H3,(H,12,13);6H,2-5H2,1H3. The van der Waals surface area contributed by atoms with E-state index in [4.69, 9.17) is 10.8 Å². The smallest absolute Gasteiger partial charge is 0.338 e. The number of halogens is 2. The Hall–Kier alpha value is -13.1. The molecule has 8 aromatic carbocycles. The molecule has 37 heteroatoms. The second kappa shape index (κ2) is 42.5. The zero-order chi connectivity index (χ0) is 94.3. The van der Waals surface area contributed by atoms with E-state index in [9.17, 15) is 72.4 Å². The number of H-pyrrole nitrogens is 5. The van der Waals surface area contributed by atoms with Crippen LogP contribution in [0.2, 0.25) is 0 Å². The first kappa shape index (κ1) is 98.7. The van der Waals surface area contributed by atoms with Crippen LogP contribution in [0.3, 0.4) is 0 Å². The number of benzene rings is 8. The molecule has 0 aliphatic carbocycles. The van der Waals surface area contributed by atoms with Gasteiger partial charge in [-0.2, -0.15) is 0 Å². The summed E-state index contributed by atoms with van der Waals surface area (Å²) in [6.07, 6.45) is 0. The predicted molar refractivity (Wildman–Crippen MR) is 504 cm³/mol. The van der Waals surface area contributed by atoms with Crippen molar-refractivity contribution in [2.24, 2.45) is 0 Å². The SMILES string of the molecule is CN(C)S(=O)(=O)c1ccc(F)c(C(=O)O)c1.CN1CCNCC1.CNc1ccc2[nH]c(=O)cc(C)c2c1.CNc1ccc2[nH]c(=O)cc(C)c2c1.Cc1cc(=O)[nH]c2ccc(N(C)C(=O)c3cc(S(=O)(=O)N(C)C)ccc3F)cc12.Cc1cc(=O)[nH]c2ccc(N(C)C(=O)c3cc(S(=O)(=O)N(C)C)ccc3N3CCN(C)CC3)cc12.Cc1cc(=O)[nH]c2ccc(N)cc12. The molecule has 2 aliphatic rings. The number of aromatic nitrogens is 5. The fourth-order valence-electron chi connectivity index (χ4n) is 13.7. The quantitative estimate of drug-likeness (QED) is 0.0452. The van der Waals surface area contributed by atoms with Gasteiger partial charge in [-0.1, -0.05) is 0 Å². The lowest BCUT2D eigenvalue weighted by molar-refractivity contribution is 0.0690. The highest BCUT2D eigenvalue weighted by Crippen LogP contribution is 2.32. The van der Waals surface area contributed by atoms with Crippen molar-refractivity contribution in [3.63, 3.8) is 0 Å². The minimum Gasteiger partial charge on any atom is -0.478 e. The van der Waals surface area contributed by atoms with Gasteiger partial charge in [-0.25, -0.2) is 51.7 Å². The van der Waals surface area contributed by atoms with E-state index >= 15 is 0 Å². The Morgan fingerprint density at radius 3 is 1.03 bits per heavy atom. The number of aromatic carboxylic acids is 1. The number of rotatable bonds is 14. The summed E-state index contributed by atoms with van der Waals surface area (Å²) < 4.78 is 104. The van der Waals surface area contributed by atoms with E-state index in [-0.39, 0.29) is 54.0 Å². The van der Waals surface area contributed by atoms with Crippen LogP contribution in [0.15, 0.2) is 215 Å². The predicted octanol–water partition coefficient (Wildman–Crippen LogP) is 10.1. The largest absolute Gasteiger partial charge is 0.478 e. The van der Waals surface area contributed by atoms with Gasteiger partial charge >= 0.3 is 5.97 Å². The molecule has 32 nitrogen and oxygen atoms in total. The van der Waals surface area contributed by atoms with Crippen LogP contribution < -0.4 is 64.2 Å². The molecule has 0 radical (unpaired) electrons. The Morgan fingerprint density at radius 2 is 0.688 bits per heavy atom. The summed E-state index contributed by atoms with van der Waals surface area (Å²) in [4.78, 5) is 117. The van der Waals surface area contributed by atoms with Crippen molar-refractivity contribution in [1.29, 1.82) is 0 Å². The maximum Gasteiger partial charge on any atom is 0.338 e. The third kappa shape index (κ3) is 24.4. The molecule has 0 unspecified atom stereocenters. The van der Waals surface area contributed by atoms with Gasteiger partial charge in [0.15, 0.2) is 0 Å². The number of nitrogen functional groups attached to an aromatic ring is 1. The molecule has 0 bridgehead atoms. The van der Waals surface area contributed by atoms with E-state index in [2.05, 4.69) is 69.7 Å². The van der Waals surface area contributed by atoms with Crippen molar-refractivity contribution >= 4 is 136 Å². The topological polar surface area (TPSA) is 426 Å². The number of carboxylic acids is 1. The van der Waals surface area contributed by atoms with E-state index in [1.165, 1.54) is 90.4 Å². The highest BCUT2D eigenvalue weighted by molar-refractivity contribution is 7.89. The molecule has 0 atom stereocenters. The van der Waals surface area contributed by atoms with Crippen molar-refractivity contribution in [1.82, 2.24) is 53.0 Å². The van der Waals surface area contributed by atoms with Gasteiger partial charge in [0.1, 0.15) is 11.6 Å². The van der Waals surface area contributed by atoms with E-state index in [0.717, 1.165) is 171 Å². The van der Waals surface area contributed by atoms with Crippen molar-refractivity contribution < 1.29 is 53.5 Å². The van der Waals surface area contributed by atoms with Gasteiger partial charge in [-0.15, -0.1) is 0 Å². The lowest BCUT2D eigenvalue weighted by atomic mass is 10.1. The summed E-state index contributed by atoms with van der Waals surface area (Å²) in [6, 6.07) is 45.9. The van der Waals surface area contributed by atoms with Crippen LogP contribution in [-0.2, 0) is 30.1 Å². The van der Waals surface area contributed by atoms with Crippen molar-refractivity contribution in [3.05, 3.63) is 284 Å². The molecule has 2 fully saturated rings. The summed E-state index contributed by atoms with van der Waals surface area (Å²) in [5.41, 5.74) is 17.4. The maximum absolute atomic E-state index is 14.4.